The number of fused-ring (bicyclic) bond motifs is 1. The van der Waals surface area contributed by atoms with Gasteiger partial charge < -0.3 is 4.74 Å². The van der Waals surface area contributed by atoms with Gasteiger partial charge in [-0.1, -0.05) is 0 Å². The van der Waals surface area contributed by atoms with Gasteiger partial charge in [0.2, 0.25) is 0 Å². The zero-order valence-electron chi connectivity index (χ0n) is 9.24. The summed E-state index contributed by atoms with van der Waals surface area (Å²) in [5.41, 5.74) is 2.04. The molecule has 2 aromatic rings. The van der Waals surface area contributed by atoms with Crippen molar-refractivity contribution in [3.63, 3.8) is 0 Å². The summed E-state index contributed by atoms with van der Waals surface area (Å²) in [4.78, 5) is 15.7. The third-order valence-corrected chi connectivity index (χ3v) is 2.42. The van der Waals surface area contributed by atoms with Gasteiger partial charge in [0.1, 0.15) is 11.5 Å². The summed E-state index contributed by atoms with van der Waals surface area (Å²) in [5.74, 6) is -0.928. The zero-order valence-corrected chi connectivity index (χ0v) is 9.24. The first-order chi connectivity index (χ1) is 7.54. The van der Waals surface area contributed by atoms with Gasteiger partial charge in [0.05, 0.1) is 12.8 Å². The third-order valence-electron chi connectivity index (χ3n) is 2.42. The molecule has 0 atom stereocenters. The molecular weight excluding hydrogens is 211 g/mol. The first-order valence-corrected chi connectivity index (χ1v) is 4.77. The second-order valence-corrected chi connectivity index (χ2v) is 3.57. The Labute approximate surface area is 91.7 Å². The molecule has 84 valence electrons. The molecular formula is C11H11FN2O2. The summed E-state index contributed by atoms with van der Waals surface area (Å²) in [6.45, 7) is 3.43. The minimum atomic E-state index is -0.519. The number of carbonyl (C=O) groups excluding carboxylic acids is 1. The molecule has 4 nitrogen and oxygen atoms in total. The summed E-state index contributed by atoms with van der Waals surface area (Å²) in [5, 5.41) is 0. The van der Waals surface area contributed by atoms with Crippen molar-refractivity contribution in [2.24, 2.45) is 0 Å². The fourth-order valence-corrected chi connectivity index (χ4v) is 1.72. The molecule has 0 aromatic carbocycles. The normalized spacial score (nSPS) is 10.8. The fourth-order valence-electron chi connectivity index (χ4n) is 1.72. The molecule has 2 aromatic heterocycles. The third kappa shape index (κ3) is 1.44. The highest BCUT2D eigenvalue weighted by atomic mass is 19.1. The quantitative estimate of drug-likeness (QED) is 0.692. The molecule has 0 radical (unpaired) electrons. The Bertz CT molecular complexity index is 575. The summed E-state index contributed by atoms with van der Waals surface area (Å²) >= 11 is 0. The fraction of sp³-hybridized carbons (Fsp3) is 0.273. The second-order valence-electron chi connectivity index (χ2n) is 3.57. The van der Waals surface area contributed by atoms with Crippen molar-refractivity contribution in [3.05, 3.63) is 35.0 Å². The Morgan fingerprint density at radius 1 is 1.50 bits per heavy atom. The van der Waals surface area contributed by atoms with Gasteiger partial charge in [-0.3, -0.25) is 4.40 Å². The molecule has 0 bridgehead atoms. The number of aryl methyl sites for hydroxylation is 2. The molecule has 0 aliphatic carbocycles. The number of carbonyl (C=O) groups is 1. The summed E-state index contributed by atoms with van der Waals surface area (Å²) in [6.07, 6.45) is 1.23. The van der Waals surface area contributed by atoms with E-state index in [0.29, 0.717) is 16.9 Å². The van der Waals surface area contributed by atoms with Gasteiger partial charge >= 0.3 is 5.97 Å². The largest absolute Gasteiger partial charge is 0.464 e. The lowest BCUT2D eigenvalue weighted by molar-refractivity contribution is 0.0592. The highest BCUT2D eigenvalue weighted by Gasteiger charge is 2.18. The van der Waals surface area contributed by atoms with E-state index in [1.165, 1.54) is 23.8 Å². The Morgan fingerprint density at radius 3 is 2.81 bits per heavy atom. The van der Waals surface area contributed by atoms with Gasteiger partial charge in [-0.15, -0.1) is 0 Å². The zero-order chi connectivity index (χ0) is 11.9. The van der Waals surface area contributed by atoms with E-state index in [0.717, 1.165) is 0 Å². The molecule has 5 heteroatoms. The molecule has 0 N–H and O–H groups in total. The van der Waals surface area contributed by atoms with Crippen molar-refractivity contribution in [1.82, 2.24) is 9.38 Å². The molecule has 0 saturated heterocycles. The van der Waals surface area contributed by atoms with Crippen LogP contribution in [0.1, 0.15) is 21.7 Å². The van der Waals surface area contributed by atoms with Crippen LogP contribution in [0.2, 0.25) is 0 Å². The lowest BCUT2D eigenvalue weighted by Crippen LogP contribution is -2.07. The van der Waals surface area contributed by atoms with Crippen LogP contribution >= 0.6 is 0 Å². The Balaban J connectivity index is 2.83. The standard InChI is InChI=1S/C11H11FN2O2/c1-6-4-8(12)5-14-9(11(15)16-3)7(2)13-10(6)14/h4-5H,1-3H3. The van der Waals surface area contributed by atoms with E-state index in [1.54, 1.807) is 13.8 Å². The number of pyridine rings is 1. The van der Waals surface area contributed by atoms with Crippen LogP contribution in [0.25, 0.3) is 5.65 Å². The minimum absolute atomic E-state index is 0.264. The number of imidazole rings is 1. The Hall–Kier alpha value is -1.91. The molecule has 0 spiro atoms. The highest BCUT2D eigenvalue weighted by Crippen LogP contribution is 2.17. The smallest absolute Gasteiger partial charge is 0.356 e. The number of rotatable bonds is 1. The predicted octanol–water partition coefficient (Wildman–Crippen LogP) is 1.88. The minimum Gasteiger partial charge on any atom is -0.464 e. The SMILES string of the molecule is COC(=O)c1c(C)nc2c(C)cc(F)cn12. The first kappa shape index (κ1) is 10.6. The van der Waals surface area contributed by atoms with Crippen LogP contribution in [0.15, 0.2) is 12.3 Å². The van der Waals surface area contributed by atoms with Crippen LogP contribution in [0.5, 0.6) is 0 Å². The van der Waals surface area contributed by atoms with Crippen molar-refractivity contribution in [2.45, 2.75) is 13.8 Å². The van der Waals surface area contributed by atoms with Gasteiger partial charge in [0.15, 0.2) is 5.69 Å². The molecule has 0 aliphatic rings. The molecule has 0 unspecified atom stereocenters. The van der Waals surface area contributed by atoms with E-state index >= 15 is 0 Å². The molecule has 0 amide bonds. The van der Waals surface area contributed by atoms with Crippen molar-refractivity contribution in [3.8, 4) is 0 Å². The molecule has 2 heterocycles. The number of methoxy groups -OCH3 is 1. The highest BCUT2D eigenvalue weighted by molar-refractivity contribution is 5.90. The van der Waals surface area contributed by atoms with Gasteiger partial charge in [-0.25, -0.2) is 14.2 Å². The Morgan fingerprint density at radius 2 is 2.19 bits per heavy atom. The van der Waals surface area contributed by atoms with Crippen molar-refractivity contribution < 1.29 is 13.9 Å². The second kappa shape index (κ2) is 3.59. The van der Waals surface area contributed by atoms with E-state index in [9.17, 15) is 9.18 Å². The first-order valence-electron chi connectivity index (χ1n) is 4.77. The maximum Gasteiger partial charge on any atom is 0.356 e. The topological polar surface area (TPSA) is 43.6 Å². The molecule has 0 fully saturated rings. The average Bonchev–Trinajstić information content (AvgIpc) is 2.54. The van der Waals surface area contributed by atoms with Gasteiger partial charge in [-0.05, 0) is 25.5 Å². The number of nitrogens with zero attached hydrogens (tertiary/aromatic N) is 2. The summed E-state index contributed by atoms with van der Waals surface area (Å²) in [6, 6.07) is 1.38. The van der Waals surface area contributed by atoms with E-state index in [-0.39, 0.29) is 5.69 Å². The van der Waals surface area contributed by atoms with Gasteiger partial charge in [-0.2, -0.15) is 0 Å². The lowest BCUT2D eigenvalue weighted by atomic mass is 10.3. The van der Waals surface area contributed by atoms with Crippen LogP contribution in [0, 0.1) is 19.7 Å². The van der Waals surface area contributed by atoms with Gasteiger partial charge in [0.25, 0.3) is 0 Å². The van der Waals surface area contributed by atoms with E-state index in [2.05, 4.69) is 9.72 Å². The number of ether oxygens (including phenoxy) is 1. The maximum absolute atomic E-state index is 13.3. The molecule has 16 heavy (non-hydrogen) atoms. The number of halogens is 1. The van der Waals surface area contributed by atoms with E-state index < -0.39 is 11.8 Å². The maximum atomic E-state index is 13.3. The molecule has 2 rings (SSSR count). The lowest BCUT2D eigenvalue weighted by Gasteiger charge is -2.02. The van der Waals surface area contributed by atoms with Crippen molar-refractivity contribution in [1.29, 1.82) is 0 Å². The number of esters is 1. The summed E-state index contributed by atoms with van der Waals surface area (Å²) < 4.78 is 19.3. The average molecular weight is 222 g/mol. The van der Waals surface area contributed by atoms with Crippen LogP contribution in [0.3, 0.4) is 0 Å². The predicted molar refractivity (Wildman–Crippen MR) is 56.0 cm³/mol. The molecule has 0 aliphatic heterocycles. The van der Waals surface area contributed by atoms with Crippen molar-refractivity contribution in [2.75, 3.05) is 7.11 Å². The van der Waals surface area contributed by atoms with Crippen LogP contribution in [-0.2, 0) is 4.74 Å². The molecule has 0 saturated carbocycles. The summed E-state index contributed by atoms with van der Waals surface area (Å²) in [7, 11) is 1.29. The van der Waals surface area contributed by atoms with Gasteiger partial charge in [0, 0.05) is 6.20 Å². The number of hydrogen-bond acceptors (Lipinski definition) is 3. The van der Waals surface area contributed by atoms with Crippen LogP contribution < -0.4 is 0 Å². The number of aromatic nitrogens is 2. The monoisotopic (exact) mass is 222 g/mol. The Kier molecular flexibility index (Phi) is 2.38. The van der Waals surface area contributed by atoms with E-state index in [1.807, 2.05) is 0 Å². The van der Waals surface area contributed by atoms with Crippen LogP contribution in [0.4, 0.5) is 4.39 Å². The number of hydrogen-bond donors (Lipinski definition) is 0. The van der Waals surface area contributed by atoms with Crippen molar-refractivity contribution >= 4 is 11.6 Å². The van der Waals surface area contributed by atoms with Crippen LogP contribution in [-0.4, -0.2) is 22.5 Å². The van der Waals surface area contributed by atoms with E-state index in [4.69, 9.17) is 0 Å².